The Morgan fingerprint density at radius 2 is 1.77 bits per heavy atom. The lowest BCUT2D eigenvalue weighted by Crippen LogP contribution is -2.32. The van der Waals surface area contributed by atoms with E-state index in [0.717, 1.165) is 24.1 Å². The van der Waals surface area contributed by atoms with Gasteiger partial charge in [-0.25, -0.2) is 4.39 Å². The highest BCUT2D eigenvalue weighted by atomic mass is 19.1. The van der Waals surface area contributed by atoms with Crippen LogP contribution in [-0.4, -0.2) is 21.8 Å². The number of para-hydroxylation sites is 1. The smallest absolute Gasteiger partial charge is 0.293 e. The Bertz CT molecular complexity index is 1070. The van der Waals surface area contributed by atoms with Crippen LogP contribution in [0.25, 0.3) is 0 Å². The van der Waals surface area contributed by atoms with E-state index >= 15 is 0 Å². The molecule has 0 saturated heterocycles. The number of benzene rings is 3. The zero-order chi connectivity index (χ0) is 21.1. The topological polar surface area (TPSA) is 75.5 Å². The zero-order valence-corrected chi connectivity index (χ0v) is 16.1. The number of rotatable bonds is 7. The number of nitro benzene ring substituents is 1. The highest BCUT2D eigenvalue weighted by Crippen LogP contribution is 2.33. The largest absolute Gasteiger partial charge is 0.350 e. The Balaban J connectivity index is 1.59. The van der Waals surface area contributed by atoms with Crippen LogP contribution in [0.4, 0.5) is 21.5 Å². The minimum absolute atomic E-state index is 0.101. The second kappa shape index (κ2) is 8.32. The van der Waals surface area contributed by atoms with Crippen molar-refractivity contribution in [3.8, 4) is 0 Å². The minimum Gasteiger partial charge on any atom is -0.350 e. The maximum atomic E-state index is 13.2. The summed E-state index contributed by atoms with van der Waals surface area (Å²) in [6.07, 6.45) is 1.78. The van der Waals surface area contributed by atoms with Crippen LogP contribution < -0.4 is 5.32 Å². The lowest BCUT2D eigenvalue weighted by Gasteiger charge is -2.23. The summed E-state index contributed by atoms with van der Waals surface area (Å²) in [5.74, 6) is -0.601. The lowest BCUT2D eigenvalue weighted by atomic mass is 10.1. The first-order chi connectivity index (χ1) is 14.5. The highest BCUT2D eigenvalue weighted by molar-refractivity contribution is 5.96. The molecule has 3 aromatic carbocycles. The van der Waals surface area contributed by atoms with Crippen LogP contribution in [-0.2, 0) is 6.54 Å². The van der Waals surface area contributed by atoms with Crippen LogP contribution in [0.2, 0.25) is 0 Å². The molecule has 0 atom stereocenters. The van der Waals surface area contributed by atoms with Crippen molar-refractivity contribution < 1.29 is 14.1 Å². The number of nitrogens with zero attached hydrogens (tertiary/aromatic N) is 2. The summed E-state index contributed by atoms with van der Waals surface area (Å²) < 4.78 is 13.2. The van der Waals surface area contributed by atoms with E-state index < -0.39 is 4.92 Å². The first-order valence-corrected chi connectivity index (χ1v) is 9.67. The van der Waals surface area contributed by atoms with Crippen LogP contribution in [0.1, 0.15) is 28.8 Å². The van der Waals surface area contributed by atoms with Crippen LogP contribution in [0.3, 0.4) is 0 Å². The molecule has 1 aliphatic carbocycles. The predicted octanol–water partition coefficient (Wildman–Crippen LogP) is 5.28. The van der Waals surface area contributed by atoms with Gasteiger partial charge in [-0.2, -0.15) is 0 Å². The van der Waals surface area contributed by atoms with Gasteiger partial charge in [0.15, 0.2) is 0 Å². The molecule has 0 heterocycles. The molecular weight excluding hydrogens is 385 g/mol. The van der Waals surface area contributed by atoms with Gasteiger partial charge >= 0.3 is 0 Å². The van der Waals surface area contributed by atoms with Gasteiger partial charge < -0.3 is 10.2 Å². The molecule has 1 aliphatic rings. The van der Waals surface area contributed by atoms with Crippen LogP contribution in [0.15, 0.2) is 72.8 Å². The molecule has 1 fully saturated rings. The second-order valence-electron chi connectivity index (χ2n) is 7.27. The van der Waals surface area contributed by atoms with Gasteiger partial charge in [-0.1, -0.05) is 30.3 Å². The van der Waals surface area contributed by atoms with E-state index in [1.54, 1.807) is 41.3 Å². The van der Waals surface area contributed by atoms with Crippen LogP contribution >= 0.6 is 0 Å². The molecule has 0 unspecified atom stereocenters. The number of anilines is 2. The molecule has 6 nitrogen and oxygen atoms in total. The van der Waals surface area contributed by atoms with E-state index in [9.17, 15) is 19.3 Å². The van der Waals surface area contributed by atoms with Crippen molar-refractivity contribution in [2.75, 3.05) is 5.32 Å². The van der Waals surface area contributed by atoms with Gasteiger partial charge in [0.1, 0.15) is 11.5 Å². The molecule has 4 rings (SSSR count). The SMILES string of the molecule is O=C(c1ccc(Nc2ccccc2)c([N+](=O)[O-])c1)N(Cc1ccc(F)cc1)C1CC1. The molecule has 0 bridgehead atoms. The monoisotopic (exact) mass is 405 g/mol. The molecule has 30 heavy (non-hydrogen) atoms. The van der Waals surface area contributed by atoms with Gasteiger partial charge in [-0.15, -0.1) is 0 Å². The summed E-state index contributed by atoms with van der Waals surface area (Å²) in [6, 6.07) is 19.7. The summed E-state index contributed by atoms with van der Waals surface area (Å²) in [5, 5.41) is 14.7. The molecule has 1 amide bonds. The summed E-state index contributed by atoms with van der Waals surface area (Å²) in [4.78, 5) is 26.0. The minimum atomic E-state index is -0.497. The number of carbonyl (C=O) groups is 1. The van der Waals surface area contributed by atoms with Gasteiger partial charge in [0.2, 0.25) is 0 Å². The summed E-state index contributed by atoms with van der Waals surface area (Å²) in [7, 11) is 0. The fourth-order valence-electron chi connectivity index (χ4n) is 3.30. The Labute approximate surface area is 173 Å². The Morgan fingerprint density at radius 3 is 2.40 bits per heavy atom. The Kier molecular flexibility index (Phi) is 5.43. The molecule has 7 heteroatoms. The van der Waals surface area contributed by atoms with E-state index in [4.69, 9.17) is 0 Å². The molecule has 0 radical (unpaired) electrons. The molecule has 1 N–H and O–H groups in total. The predicted molar refractivity (Wildman–Crippen MR) is 112 cm³/mol. The lowest BCUT2D eigenvalue weighted by molar-refractivity contribution is -0.383. The van der Waals surface area contributed by atoms with Crippen molar-refractivity contribution in [1.82, 2.24) is 4.90 Å². The number of hydrogen-bond acceptors (Lipinski definition) is 4. The third kappa shape index (κ3) is 4.46. The number of nitrogens with one attached hydrogen (secondary N) is 1. The standard InChI is InChI=1S/C23H20FN3O3/c24-18-9-6-16(7-10-18)15-26(20-11-12-20)23(28)17-8-13-21(22(14-17)27(29)30)25-19-4-2-1-3-5-19/h1-10,13-14,20,25H,11-12,15H2. The van der Waals surface area contributed by atoms with Crippen molar-refractivity contribution in [2.45, 2.75) is 25.4 Å². The Hall–Kier alpha value is -3.74. The molecule has 0 aromatic heterocycles. The van der Waals surface area contributed by atoms with Gasteiger partial charge in [-0.3, -0.25) is 14.9 Å². The van der Waals surface area contributed by atoms with Crippen LogP contribution in [0, 0.1) is 15.9 Å². The third-order valence-corrected chi connectivity index (χ3v) is 5.01. The zero-order valence-electron chi connectivity index (χ0n) is 16.1. The number of amides is 1. The van der Waals surface area contributed by atoms with Crippen LogP contribution in [0.5, 0.6) is 0 Å². The highest BCUT2D eigenvalue weighted by Gasteiger charge is 2.33. The van der Waals surface area contributed by atoms with Gasteiger partial charge in [0.05, 0.1) is 4.92 Å². The first-order valence-electron chi connectivity index (χ1n) is 9.67. The fraction of sp³-hybridized carbons (Fsp3) is 0.174. The number of carbonyl (C=O) groups excluding carboxylic acids is 1. The maximum Gasteiger partial charge on any atom is 0.293 e. The van der Waals surface area contributed by atoms with E-state index in [1.807, 2.05) is 18.2 Å². The molecular formula is C23H20FN3O3. The maximum absolute atomic E-state index is 13.2. The van der Waals surface area contributed by atoms with Crippen molar-refractivity contribution in [2.24, 2.45) is 0 Å². The average Bonchev–Trinajstić information content (AvgIpc) is 3.59. The molecule has 152 valence electrons. The fourth-order valence-corrected chi connectivity index (χ4v) is 3.30. The number of nitro groups is 1. The van der Waals surface area contributed by atoms with Gasteiger partial charge in [-0.05, 0) is 54.8 Å². The van der Waals surface area contributed by atoms with Gasteiger partial charge in [0.25, 0.3) is 11.6 Å². The number of hydrogen-bond donors (Lipinski definition) is 1. The number of halogens is 1. The van der Waals surface area contributed by atoms with E-state index in [1.165, 1.54) is 18.2 Å². The van der Waals surface area contributed by atoms with Crippen molar-refractivity contribution >= 4 is 23.0 Å². The van der Waals surface area contributed by atoms with E-state index in [-0.39, 0.29) is 29.0 Å². The van der Waals surface area contributed by atoms with E-state index in [2.05, 4.69) is 5.32 Å². The third-order valence-electron chi connectivity index (χ3n) is 5.01. The van der Waals surface area contributed by atoms with Gasteiger partial charge in [0, 0.05) is 29.9 Å². The van der Waals surface area contributed by atoms with E-state index in [0.29, 0.717) is 12.2 Å². The quantitative estimate of drug-likeness (QED) is 0.428. The molecule has 0 aliphatic heterocycles. The summed E-state index contributed by atoms with van der Waals surface area (Å²) in [6.45, 7) is 0.335. The average molecular weight is 405 g/mol. The molecule has 3 aromatic rings. The van der Waals surface area contributed by atoms with Crippen molar-refractivity contribution in [3.05, 3.63) is 99.9 Å². The Morgan fingerprint density at radius 1 is 1.07 bits per heavy atom. The second-order valence-corrected chi connectivity index (χ2v) is 7.27. The van der Waals surface area contributed by atoms with Crippen molar-refractivity contribution in [1.29, 1.82) is 0 Å². The summed E-state index contributed by atoms with van der Waals surface area (Å²) in [5.41, 5.74) is 1.94. The first kappa shape index (κ1) is 19.6. The normalized spacial score (nSPS) is 13.0. The molecule has 1 saturated carbocycles. The van der Waals surface area contributed by atoms with Crippen molar-refractivity contribution in [3.63, 3.8) is 0 Å². The summed E-state index contributed by atoms with van der Waals surface area (Å²) >= 11 is 0. The molecule has 0 spiro atoms.